The third-order valence-corrected chi connectivity index (χ3v) is 2.07. The van der Waals surface area contributed by atoms with Crippen molar-refractivity contribution in [1.29, 1.82) is 0 Å². The number of alkyl halides is 1. The molecule has 0 spiro atoms. The van der Waals surface area contributed by atoms with Gasteiger partial charge in [-0.25, -0.2) is 0 Å². The molecule has 0 aromatic carbocycles. The number of nitrogens with one attached hydrogen (secondary N) is 1. The molecule has 0 atom stereocenters. The third kappa shape index (κ3) is 6.84. The number of hydrogen-bond donors (Lipinski definition) is 1. The van der Waals surface area contributed by atoms with Gasteiger partial charge in [-0.3, -0.25) is 4.79 Å². The van der Waals surface area contributed by atoms with Crippen molar-refractivity contribution in [3.8, 4) is 0 Å². The minimum Gasteiger partial charge on any atom is -0.377 e. The Morgan fingerprint density at radius 2 is 2.15 bits per heavy atom. The van der Waals surface area contributed by atoms with Crippen molar-refractivity contribution in [2.45, 2.75) is 32.3 Å². The van der Waals surface area contributed by atoms with E-state index in [-0.39, 0.29) is 11.5 Å². The lowest BCUT2D eigenvalue weighted by Gasteiger charge is -2.22. The molecule has 0 aliphatic rings. The Balaban J connectivity index is 3.57. The number of amides is 1. The van der Waals surface area contributed by atoms with E-state index in [1.54, 1.807) is 7.11 Å². The van der Waals surface area contributed by atoms with Crippen LogP contribution in [0.2, 0.25) is 0 Å². The predicted molar refractivity (Wildman–Crippen MR) is 54.1 cm³/mol. The van der Waals surface area contributed by atoms with Gasteiger partial charge in [0.05, 0.1) is 5.60 Å². The number of hydrogen-bond acceptors (Lipinski definition) is 2. The second kappa shape index (κ2) is 6.22. The lowest BCUT2D eigenvalue weighted by molar-refractivity contribution is -0.122. The molecule has 4 heteroatoms. The van der Waals surface area contributed by atoms with Gasteiger partial charge in [0, 0.05) is 26.0 Å². The number of methoxy groups -OCH3 is 1. The zero-order valence-corrected chi connectivity index (χ0v) is 9.28. The van der Waals surface area contributed by atoms with Gasteiger partial charge >= 0.3 is 0 Å². The monoisotopic (exact) mass is 207 g/mol. The molecule has 0 unspecified atom stereocenters. The lowest BCUT2D eigenvalue weighted by atomic mass is 10.1. The highest BCUT2D eigenvalue weighted by Crippen LogP contribution is 2.04. The maximum Gasteiger partial charge on any atom is 0.220 e. The van der Waals surface area contributed by atoms with Crippen molar-refractivity contribution in [2.24, 2.45) is 0 Å². The minimum absolute atomic E-state index is 0.0331. The van der Waals surface area contributed by atoms with E-state index in [1.807, 2.05) is 13.8 Å². The number of carbonyl (C=O) groups excluding carboxylic acids is 1. The van der Waals surface area contributed by atoms with Crippen LogP contribution in [0.5, 0.6) is 0 Å². The first-order valence-corrected chi connectivity index (χ1v) is 4.93. The first-order valence-electron chi connectivity index (χ1n) is 4.39. The average Bonchev–Trinajstić information content (AvgIpc) is 2.11. The number of halogens is 1. The highest BCUT2D eigenvalue weighted by atomic mass is 35.5. The average molecular weight is 208 g/mol. The summed E-state index contributed by atoms with van der Waals surface area (Å²) in [5.41, 5.74) is -0.295. The molecule has 1 N–H and O–H groups in total. The molecule has 1 amide bonds. The fourth-order valence-electron chi connectivity index (χ4n) is 0.699. The van der Waals surface area contributed by atoms with E-state index >= 15 is 0 Å². The molecule has 0 aromatic rings. The summed E-state index contributed by atoms with van der Waals surface area (Å²) in [5, 5.41) is 2.79. The van der Waals surface area contributed by atoms with E-state index in [9.17, 15) is 4.79 Å². The molecule has 0 fully saturated rings. The molecule has 0 saturated heterocycles. The van der Waals surface area contributed by atoms with Crippen LogP contribution in [0.15, 0.2) is 0 Å². The zero-order valence-electron chi connectivity index (χ0n) is 8.52. The summed E-state index contributed by atoms with van der Waals surface area (Å²) >= 11 is 5.46. The second-order valence-corrected chi connectivity index (χ2v) is 3.91. The normalized spacial score (nSPS) is 11.4. The predicted octanol–water partition coefficient (Wildman–Crippen LogP) is 1.55. The first-order chi connectivity index (χ1) is 6.02. The van der Waals surface area contributed by atoms with E-state index in [2.05, 4.69) is 5.32 Å². The number of ether oxygens (including phenoxy) is 1. The molecule has 0 saturated carbocycles. The van der Waals surface area contributed by atoms with Gasteiger partial charge in [-0.2, -0.15) is 0 Å². The van der Waals surface area contributed by atoms with Gasteiger partial charge in [-0.05, 0) is 20.3 Å². The summed E-state index contributed by atoms with van der Waals surface area (Å²) in [6.07, 6.45) is 1.21. The summed E-state index contributed by atoms with van der Waals surface area (Å²) in [5.74, 6) is 0.562. The van der Waals surface area contributed by atoms with Crippen LogP contribution in [-0.4, -0.2) is 31.0 Å². The van der Waals surface area contributed by atoms with Gasteiger partial charge in [0.1, 0.15) is 0 Å². The zero-order chi connectivity index (χ0) is 10.3. The standard InChI is InChI=1S/C9H18ClNO2/c1-9(2,13-3)7-11-8(12)5-4-6-10/h4-7H2,1-3H3,(H,11,12). The smallest absolute Gasteiger partial charge is 0.220 e. The third-order valence-electron chi connectivity index (χ3n) is 1.80. The fourth-order valence-corrected chi connectivity index (χ4v) is 0.833. The van der Waals surface area contributed by atoms with Crippen molar-refractivity contribution in [2.75, 3.05) is 19.5 Å². The SMILES string of the molecule is COC(C)(C)CNC(=O)CCCCl. The Bertz CT molecular complexity index is 160. The first kappa shape index (κ1) is 12.7. The summed E-state index contributed by atoms with van der Waals surface area (Å²) in [4.78, 5) is 11.1. The maximum absolute atomic E-state index is 11.1. The van der Waals surface area contributed by atoms with Crippen molar-refractivity contribution in [3.05, 3.63) is 0 Å². The summed E-state index contributed by atoms with van der Waals surface area (Å²) in [7, 11) is 1.63. The van der Waals surface area contributed by atoms with Gasteiger partial charge in [-0.15, -0.1) is 11.6 Å². The topological polar surface area (TPSA) is 38.3 Å². The van der Waals surface area contributed by atoms with Gasteiger partial charge in [-0.1, -0.05) is 0 Å². The molecule has 0 heterocycles. The molecule has 3 nitrogen and oxygen atoms in total. The summed E-state index contributed by atoms with van der Waals surface area (Å²) in [6.45, 7) is 4.38. The molecule has 0 aliphatic carbocycles. The highest BCUT2D eigenvalue weighted by Gasteiger charge is 2.16. The van der Waals surface area contributed by atoms with Crippen molar-refractivity contribution < 1.29 is 9.53 Å². The Morgan fingerprint density at radius 3 is 2.62 bits per heavy atom. The van der Waals surface area contributed by atoms with E-state index in [4.69, 9.17) is 16.3 Å². The second-order valence-electron chi connectivity index (χ2n) is 3.53. The molecule has 0 aliphatic heterocycles. The van der Waals surface area contributed by atoms with Gasteiger partial charge < -0.3 is 10.1 Å². The van der Waals surface area contributed by atoms with E-state index in [0.717, 1.165) is 6.42 Å². The van der Waals surface area contributed by atoms with Crippen LogP contribution in [0.1, 0.15) is 26.7 Å². The van der Waals surface area contributed by atoms with Crippen LogP contribution in [0, 0.1) is 0 Å². The Labute approximate surface area is 84.8 Å². The fraction of sp³-hybridized carbons (Fsp3) is 0.889. The van der Waals surface area contributed by atoms with Crippen molar-refractivity contribution in [1.82, 2.24) is 5.32 Å². The van der Waals surface area contributed by atoms with Crippen LogP contribution in [0.3, 0.4) is 0 Å². The van der Waals surface area contributed by atoms with E-state index in [1.165, 1.54) is 0 Å². The van der Waals surface area contributed by atoms with E-state index < -0.39 is 0 Å². The number of carbonyl (C=O) groups is 1. The van der Waals surface area contributed by atoms with E-state index in [0.29, 0.717) is 18.8 Å². The highest BCUT2D eigenvalue weighted by molar-refractivity contribution is 6.17. The molecule has 0 rings (SSSR count). The molecule has 13 heavy (non-hydrogen) atoms. The quantitative estimate of drug-likeness (QED) is 0.672. The van der Waals surface area contributed by atoms with Gasteiger partial charge in [0.25, 0.3) is 0 Å². The Morgan fingerprint density at radius 1 is 1.54 bits per heavy atom. The molecule has 0 radical (unpaired) electrons. The molecular formula is C9H18ClNO2. The van der Waals surface area contributed by atoms with Crippen molar-refractivity contribution >= 4 is 17.5 Å². The minimum atomic E-state index is -0.295. The van der Waals surface area contributed by atoms with Crippen molar-refractivity contribution in [3.63, 3.8) is 0 Å². The summed E-state index contributed by atoms with van der Waals surface area (Å²) < 4.78 is 5.15. The van der Waals surface area contributed by atoms with Crippen LogP contribution in [-0.2, 0) is 9.53 Å². The van der Waals surface area contributed by atoms with Crippen LogP contribution in [0.25, 0.3) is 0 Å². The molecular weight excluding hydrogens is 190 g/mol. The maximum atomic E-state index is 11.1. The van der Waals surface area contributed by atoms with Crippen LogP contribution < -0.4 is 5.32 Å². The number of rotatable bonds is 6. The molecule has 0 bridgehead atoms. The Kier molecular flexibility index (Phi) is 6.08. The lowest BCUT2D eigenvalue weighted by Crippen LogP contribution is -2.39. The largest absolute Gasteiger partial charge is 0.377 e. The van der Waals surface area contributed by atoms with Gasteiger partial charge in [0.2, 0.25) is 5.91 Å². The summed E-state index contributed by atoms with van der Waals surface area (Å²) in [6, 6.07) is 0. The van der Waals surface area contributed by atoms with Crippen LogP contribution >= 0.6 is 11.6 Å². The van der Waals surface area contributed by atoms with Crippen LogP contribution in [0.4, 0.5) is 0 Å². The molecule has 0 aromatic heterocycles. The Hall–Kier alpha value is -0.280. The van der Waals surface area contributed by atoms with Gasteiger partial charge in [0.15, 0.2) is 0 Å². The molecule has 78 valence electrons.